The van der Waals surface area contributed by atoms with Crippen LogP contribution < -0.4 is 5.32 Å². The Morgan fingerprint density at radius 2 is 1.90 bits per heavy atom. The fourth-order valence-electron chi connectivity index (χ4n) is 3.61. The summed E-state index contributed by atoms with van der Waals surface area (Å²) in [5.41, 5.74) is 3.60. The summed E-state index contributed by atoms with van der Waals surface area (Å²) in [6, 6.07) is 14.5. The molecule has 0 spiro atoms. The molecule has 0 bridgehead atoms. The number of halogens is 2. The predicted octanol–water partition coefficient (Wildman–Crippen LogP) is 5.82. The lowest BCUT2D eigenvalue weighted by molar-refractivity contribution is 0.425. The molecule has 0 unspecified atom stereocenters. The Morgan fingerprint density at radius 1 is 1.05 bits per heavy atom. The predicted molar refractivity (Wildman–Crippen MR) is 89.3 cm³/mol. The number of allylic oxidation sites excluding steroid dienone is 2. The molecule has 0 saturated heterocycles. The molecule has 1 heterocycles. The largest absolute Gasteiger partial charge is 0.376 e. The Hall–Kier alpha value is -1.44. The number of rotatable bonds is 1. The molecular weight excluding hydrogens is 301 g/mol. The molecule has 0 saturated carbocycles. The van der Waals surface area contributed by atoms with E-state index in [1.165, 1.54) is 11.1 Å². The van der Waals surface area contributed by atoms with E-state index >= 15 is 0 Å². The first-order valence-electron chi connectivity index (χ1n) is 7.21. The quantitative estimate of drug-likeness (QED) is 0.654. The number of para-hydroxylation sites is 1. The van der Waals surface area contributed by atoms with E-state index in [9.17, 15) is 0 Å². The normalized spacial score (nSPS) is 26.1. The standard InChI is InChI=1S/C18H15Cl2N/c19-12-5-1-4-11(10-12)17-14-7-2-6-13(14)15-8-3-9-16(20)18(15)21-17/h1-6,8-10,13-14,17,21H,7H2/t13-,14+,17+/m1/s1. The Labute approximate surface area is 134 Å². The van der Waals surface area contributed by atoms with Crippen LogP contribution >= 0.6 is 23.2 Å². The van der Waals surface area contributed by atoms with Crippen molar-refractivity contribution in [2.45, 2.75) is 18.4 Å². The van der Waals surface area contributed by atoms with Crippen molar-refractivity contribution in [2.24, 2.45) is 5.92 Å². The maximum absolute atomic E-state index is 6.40. The van der Waals surface area contributed by atoms with E-state index < -0.39 is 0 Å². The Morgan fingerprint density at radius 3 is 2.76 bits per heavy atom. The average Bonchev–Trinajstić information content (AvgIpc) is 2.96. The maximum atomic E-state index is 6.40. The van der Waals surface area contributed by atoms with Crippen LogP contribution in [-0.4, -0.2) is 0 Å². The third-order valence-corrected chi connectivity index (χ3v) is 5.10. The Bertz CT molecular complexity index is 723. The highest BCUT2D eigenvalue weighted by Crippen LogP contribution is 2.51. The first kappa shape index (κ1) is 13.2. The molecule has 21 heavy (non-hydrogen) atoms. The molecule has 0 radical (unpaired) electrons. The minimum atomic E-state index is 0.246. The van der Waals surface area contributed by atoms with Crippen LogP contribution in [0.1, 0.15) is 29.5 Å². The molecule has 0 aromatic heterocycles. The SMILES string of the molecule is Clc1cccc([C@@H]2Nc3c(Cl)cccc3[C@@H]3C=CC[C@@H]32)c1. The van der Waals surface area contributed by atoms with Crippen molar-refractivity contribution in [1.29, 1.82) is 0 Å². The number of nitrogens with one attached hydrogen (secondary N) is 1. The van der Waals surface area contributed by atoms with Gasteiger partial charge in [-0.15, -0.1) is 0 Å². The van der Waals surface area contributed by atoms with Gasteiger partial charge in [-0.05, 0) is 41.7 Å². The third kappa shape index (κ3) is 2.16. The summed E-state index contributed by atoms with van der Waals surface area (Å²) in [4.78, 5) is 0. The Balaban J connectivity index is 1.83. The molecule has 3 atom stereocenters. The van der Waals surface area contributed by atoms with Crippen LogP contribution in [0.3, 0.4) is 0 Å². The lowest BCUT2D eigenvalue weighted by atomic mass is 9.77. The second-order valence-corrected chi connectivity index (χ2v) is 6.58. The number of benzene rings is 2. The van der Waals surface area contributed by atoms with Gasteiger partial charge in [0.1, 0.15) is 0 Å². The van der Waals surface area contributed by atoms with Gasteiger partial charge in [-0.2, -0.15) is 0 Å². The zero-order valence-electron chi connectivity index (χ0n) is 11.4. The van der Waals surface area contributed by atoms with Crippen LogP contribution in [0.2, 0.25) is 10.0 Å². The molecule has 1 aliphatic heterocycles. The smallest absolute Gasteiger partial charge is 0.0640 e. The minimum Gasteiger partial charge on any atom is -0.376 e. The van der Waals surface area contributed by atoms with Gasteiger partial charge in [-0.1, -0.05) is 59.6 Å². The lowest BCUT2D eigenvalue weighted by Gasteiger charge is -2.38. The summed E-state index contributed by atoms with van der Waals surface area (Å²) >= 11 is 12.6. The molecule has 4 rings (SSSR count). The summed E-state index contributed by atoms with van der Waals surface area (Å²) in [6.45, 7) is 0. The second-order valence-electron chi connectivity index (χ2n) is 5.73. The van der Waals surface area contributed by atoms with Crippen molar-refractivity contribution in [3.05, 3.63) is 75.8 Å². The van der Waals surface area contributed by atoms with Crippen LogP contribution in [0.4, 0.5) is 5.69 Å². The van der Waals surface area contributed by atoms with Gasteiger partial charge < -0.3 is 5.32 Å². The van der Waals surface area contributed by atoms with Gasteiger partial charge in [-0.25, -0.2) is 0 Å². The molecule has 2 aromatic carbocycles. The van der Waals surface area contributed by atoms with Crippen LogP contribution in [0.15, 0.2) is 54.6 Å². The molecule has 1 nitrogen and oxygen atoms in total. The average molecular weight is 316 g/mol. The van der Waals surface area contributed by atoms with Crippen LogP contribution in [0.25, 0.3) is 0 Å². The number of hydrogen-bond acceptors (Lipinski definition) is 1. The molecule has 106 valence electrons. The van der Waals surface area contributed by atoms with E-state index in [4.69, 9.17) is 23.2 Å². The van der Waals surface area contributed by atoms with E-state index in [0.29, 0.717) is 11.8 Å². The fourth-order valence-corrected chi connectivity index (χ4v) is 4.05. The van der Waals surface area contributed by atoms with Crippen molar-refractivity contribution >= 4 is 28.9 Å². The van der Waals surface area contributed by atoms with Gasteiger partial charge in [0, 0.05) is 10.9 Å². The van der Waals surface area contributed by atoms with Crippen molar-refractivity contribution in [3.8, 4) is 0 Å². The van der Waals surface area contributed by atoms with Crippen molar-refractivity contribution in [3.63, 3.8) is 0 Å². The van der Waals surface area contributed by atoms with Crippen molar-refractivity contribution < 1.29 is 0 Å². The lowest BCUT2D eigenvalue weighted by Crippen LogP contribution is -2.29. The zero-order valence-corrected chi connectivity index (χ0v) is 12.9. The molecule has 0 amide bonds. The van der Waals surface area contributed by atoms with Gasteiger partial charge >= 0.3 is 0 Å². The topological polar surface area (TPSA) is 12.0 Å². The van der Waals surface area contributed by atoms with Gasteiger partial charge in [0.2, 0.25) is 0 Å². The Kier molecular flexibility index (Phi) is 3.20. The number of fused-ring (bicyclic) bond motifs is 3. The van der Waals surface area contributed by atoms with Crippen LogP contribution in [0, 0.1) is 5.92 Å². The molecule has 0 fully saturated rings. The fraction of sp³-hybridized carbons (Fsp3) is 0.222. The monoisotopic (exact) mass is 315 g/mol. The highest BCUT2D eigenvalue weighted by atomic mass is 35.5. The molecular formula is C18H15Cl2N. The van der Waals surface area contributed by atoms with E-state index in [1.807, 2.05) is 24.3 Å². The van der Waals surface area contributed by atoms with E-state index in [-0.39, 0.29) is 6.04 Å². The van der Waals surface area contributed by atoms with E-state index in [1.54, 1.807) is 0 Å². The molecule has 1 aliphatic carbocycles. The first-order chi connectivity index (χ1) is 10.2. The second kappa shape index (κ2) is 5.08. The van der Waals surface area contributed by atoms with Gasteiger partial charge in [0.05, 0.1) is 16.8 Å². The van der Waals surface area contributed by atoms with E-state index in [2.05, 4.69) is 35.7 Å². The van der Waals surface area contributed by atoms with Gasteiger partial charge in [-0.3, -0.25) is 0 Å². The highest BCUT2D eigenvalue weighted by Gasteiger charge is 2.38. The number of hydrogen-bond donors (Lipinski definition) is 1. The van der Waals surface area contributed by atoms with Crippen molar-refractivity contribution in [2.75, 3.05) is 5.32 Å². The molecule has 2 aromatic rings. The molecule has 2 aliphatic rings. The zero-order chi connectivity index (χ0) is 14.4. The van der Waals surface area contributed by atoms with Crippen LogP contribution in [-0.2, 0) is 0 Å². The minimum absolute atomic E-state index is 0.246. The third-order valence-electron chi connectivity index (χ3n) is 4.55. The van der Waals surface area contributed by atoms with E-state index in [0.717, 1.165) is 22.2 Å². The summed E-state index contributed by atoms with van der Waals surface area (Å²) < 4.78 is 0. The van der Waals surface area contributed by atoms with Crippen LogP contribution in [0.5, 0.6) is 0 Å². The summed E-state index contributed by atoms with van der Waals surface area (Å²) in [7, 11) is 0. The maximum Gasteiger partial charge on any atom is 0.0640 e. The van der Waals surface area contributed by atoms with Gasteiger partial charge in [0.25, 0.3) is 0 Å². The first-order valence-corrected chi connectivity index (χ1v) is 7.97. The molecule has 3 heteroatoms. The summed E-state index contributed by atoms with van der Waals surface area (Å²) in [6.07, 6.45) is 5.68. The highest BCUT2D eigenvalue weighted by molar-refractivity contribution is 6.33. The van der Waals surface area contributed by atoms with Gasteiger partial charge in [0.15, 0.2) is 0 Å². The number of anilines is 1. The molecule has 1 N–H and O–H groups in total. The van der Waals surface area contributed by atoms with Crippen molar-refractivity contribution in [1.82, 2.24) is 0 Å². The summed E-state index contributed by atoms with van der Waals surface area (Å²) in [5, 5.41) is 5.22. The summed E-state index contributed by atoms with van der Waals surface area (Å²) in [5.74, 6) is 0.957.